The minimum atomic E-state index is -1.65. The fourth-order valence-corrected chi connectivity index (χ4v) is 3.26. The molecular formula is C21H18F2N4O2. The van der Waals surface area contributed by atoms with Crippen molar-refractivity contribution in [1.29, 1.82) is 0 Å². The number of aryl methyl sites for hydroxylation is 1. The van der Waals surface area contributed by atoms with E-state index in [9.17, 15) is 13.6 Å². The summed E-state index contributed by atoms with van der Waals surface area (Å²) < 4.78 is 33.7. The molecule has 0 aliphatic carbocycles. The van der Waals surface area contributed by atoms with Crippen molar-refractivity contribution in [2.45, 2.75) is 25.8 Å². The molecule has 29 heavy (non-hydrogen) atoms. The number of allylic oxidation sites excluding steroid dienone is 1. The van der Waals surface area contributed by atoms with Gasteiger partial charge in [0, 0.05) is 18.2 Å². The third-order valence-electron chi connectivity index (χ3n) is 4.54. The zero-order valence-electron chi connectivity index (χ0n) is 15.9. The molecule has 0 fully saturated rings. The maximum atomic E-state index is 14.6. The molecule has 2 N–H and O–H groups in total. The third kappa shape index (κ3) is 3.99. The maximum absolute atomic E-state index is 14.6. The highest BCUT2D eigenvalue weighted by Crippen LogP contribution is 2.35. The summed E-state index contributed by atoms with van der Waals surface area (Å²) in [4.78, 5) is 24.0. The molecule has 0 saturated carbocycles. The zero-order chi connectivity index (χ0) is 21.2. The van der Waals surface area contributed by atoms with Gasteiger partial charge in [-0.1, -0.05) is 6.07 Å². The van der Waals surface area contributed by atoms with E-state index in [1.165, 1.54) is 30.5 Å². The Morgan fingerprint density at radius 1 is 1.34 bits per heavy atom. The van der Waals surface area contributed by atoms with Gasteiger partial charge >= 0.3 is 0 Å². The van der Waals surface area contributed by atoms with E-state index in [0.29, 0.717) is 22.6 Å². The van der Waals surface area contributed by atoms with Gasteiger partial charge in [0.1, 0.15) is 29.5 Å². The number of pyridine rings is 1. The first-order valence-corrected chi connectivity index (χ1v) is 8.73. The van der Waals surface area contributed by atoms with Gasteiger partial charge in [-0.25, -0.2) is 18.6 Å². The van der Waals surface area contributed by atoms with Crippen LogP contribution in [-0.4, -0.2) is 23.5 Å². The molecule has 0 saturated heterocycles. The second kappa shape index (κ2) is 7.80. The number of nitrogens with two attached hydrogens (primary N) is 1. The number of amidine groups is 1. The van der Waals surface area contributed by atoms with Crippen LogP contribution in [0, 0.1) is 19.3 Å². The van der Waals surface area contributed by atoms with E-state index in [0.717, 1.165) is 0 Å². The molecule has 8 heteroatoms. The van der Waals surface area contributed by atoms with Crippen molar-refractivity contribution < 1.29 is 18.3 Å². The molecule has 1 aliphatic heterocycles. The van der Waals surface area contributed by atoms with Crippen molar-refractivity contribution in [3.63, 3.8) is 0 Å². The highest BCUT2D eigenvalue weighted by Gasteiger charge is 2.36. The van der Waals surface area contributed by atoms with Crippen molar-refractivity contribution in [2.24, 2.45) is 10.7 Å². The van der Waals surface area contributed by atoms with Gasteiger partial charge in [0.15, 0.2) is 5.78 Å². The van der Waals surface area contributed by atoms with E-state index < -0.39 is 18.0 Å². The SMILES string of the molecule is [C-]#[N+]c1cnc(C(=O)Cc2ccc(F)c(C3(CF)C=C(C)OC(N)=N3)c2)c(C)c1. The highest BCUT2D eigenvalue weighted by atomic mass is 19.1. The first-order valence-electron chi connectivity index (χ1n) is 8.73. The first-order chi connectivity index (χ1) is 13.8. The second-order valence-electron chi connectivity index (χ2n) is 6.75. The minimum Gasteiger partial charge on any atom is -0.431 e. The lowest BCUT2D eigenvalue weighted by Gasteiger charge is -2.29. The predicted octanol–water partition coefficient (Wildman–Crippen LogP) is 3.92. The van der Waals surface area contributed by atoms with Crippen molar-refractivity contribution in [3.05, 3.63) is 81.9 Å². The van der Waals surface area contributed by atoms with E-state index in [4.69, 9.17) is 17.0 Å². The van der Waals surface area contributed by atoms with Crippen LogP contribution in [0.5, 0.6) is 0 Å². The number of aromatic nitrogens is 1. The number of halogens is 2. The van der Waals surface area contributed by atoms with Crippen molar-refractivity contribution in [3.8, 4) is 0 Å². The van der Waals surface area contributed by atoms with Crippen LogP contribution >= 0.6 is 0 Å². The third-order valence-corrected chi connectivity index (χ3v) is 4.54. The van der Waals surface area contributed by atoms with E-state index in [1.807, 2.05) is 0 Å². The Kier molecular flexibility index (Phi) is 5.41. The van der Waals surface area contributed by atoms with E-state index >= 15 is 0 Å². The molecule has 3 rings (SSSR count). The number of benzene rings is 1. The number of aliphatic imine (C=N–C) groups is 1. The van der Waals surface area contributed by atoms with Crippen LogP contribution < -0.4 is 5.73 Å². The van der Waals surface area contributed by atoms with Gasteiger partial charge in [0.05, 0.1) is 6.57 Å². The molecule has 0 radical (unpaired) electrons. The number of nitrogens with zero attached hydrogens (tertiary/aromatic N) is 3. The Labute approximate surface area is 166 Å². The van der Waals surface area contributed by atoms with E-state index in [2.05, 4.69) is 14.8 Å². The fraction of sp³-hybridized carbons (Fsp3) is 0.238. The Morgan fingerprint density at radius 3 is 2.72 bits per heavy atom. The summed E-state index contributed by atoms with van der Waals surface area (Å²) >= 11 is 0. The normalized spacial score (nSPS) is 18.3. The van der Waals surface area contributed by atoms with Crippen LogP contribution in [0.2, 0.25) is 0 Å². The second-order valence-corrected chi connectivity index (χ2v) is 6.75. The molecule has 1 aromatic carbocycles. The number of Topliss-reactive ketones (excluding diaryl/α,β-unsaturated/α-hetero) is 1. The Morgan fingerprint density at radius 2 is 2.10 bits per heavy atom. The summed E-state index contributed by atoms with van der Waals surface area (Å²) in [6, 6.07) is 5.34. The molecule has 6 nitrogen and oxygen atoms in total. The molecule has 1 aromatic heterocycles. The average molecular weight is 396 g/mol. The lowest BCUT2D eigenvalue weighted by Crippen LogP contribution is -2.34. The van der Waals surface area contributed by atoms with Gasteiger partial charge in [0.25, 0.3) is 6.02 Å². The van der Waals surface area contributed by atoms with Gasteiger partial charge in [-0.2, -0.15) is 0 Å². The molecule has 1 atom stereocenters. The average Bonchev–Trinajstić information content (AvgIpc) is 2.68. The minimum absolute atomic E-state index is 0.0380. The van der Waals surface area contributed by atoms with E-state index in [1.54, 1.807) is 19.9 Å². The summed E-state index contributed by atoms with van der Waals surface area (Å²) in [6.45, 7) is 9.24. The summed E-state index contributed by atoms with van der Waals surface area (Å²) in [5.74, 6) is -0.666. The molecule has 0 amide bonds. The quantitative estimate of drug-likeness (QED) is 0.614. The van der Waals surface area contributed by atoms with Crippen LogP contribution in [0.4, 0.5) is 14.5 Å². The molecular weight excluding hydrogens is 378 g/mol. The van der Waals surface area contributed by atoms with Crippen LogP contribution in [0.3, 0.4) is 0 Å². The van der Waals surface area contributed by atoms with Crippen molar-refractivity contribution in [2.75, 3.05) is 6.67 Å². The number of rotatable bonds is 5. The molecule has 0 spiro atoms. The molecule has 1 unspecified atom stereocenters. The Balaban J connectivity index is 1.97. The Bertz CT molecular complexity index is 1070. The lowest BCUT2D eigenvalue weighted by atomic mass is 9.88. The first kappa shape index (κ1) is 20.1. The van der Waals surface area contributed by atoms with Gasteiger partial charge in [-0.3, -0.25) is 9.78 Å². The van der Waals surface area contributed by atoms with Gasteiger partial charge < -0.3 is 10.5 Å². The molecule has 148 valence electrons. The number of ether oxygens (including phenoxy) is 1. The van der Waals surface area contributed by atoms with Gasteiger partial charge in [0.2, 0.25) is 5.69 Å². The highest BCUT2D eigenvalue weighted by molar-refractivity contribution is 5.97. The summed E-state index contributed by atoms with van der Waals surface area (Å²) in [6.07, 6.45) is 2.62. The predicted molar refractivity (Wildman–Crippen MR) is 104 cm³/mol. The molecule has 1 aliphatic rings. The molecule has 2 heterocycles. The number of ketones is 1. The number of carbonyl (C=O) groups is 1. The number of carbonyl (C=O) groups excluding carboxylic acids is 1. The van der Waals surface area contributed by atoms with Crippen LogP contribution in [-0.2, 0) is 16.7 Å². The van der Waals surface area contributed by atoms with E-state index in [-0.39, 0.29) is 29.5 Å². The van der Waals surface area contributed by atoms with Crippen LogP contribution in [0.1, 0.15) is 34.1 Å². The number of hydrogen-bond donors (Lipinski definition) is 1. The lowest BCUT2D eigenvalue weighted by molar-refractivity contribution is 0.0987. The molecule has 2 aromatic rings. The topological polar surface area (TPSA) is 81.9 Å². The van der Waals surface area contributed by atoms with Gasteiger partial charge in [-0.05, 0) is 49.2 Å². The van der Waals surface area contributed by atoms with Gasteiger partial charge in [-0.15, -0.1) is 0 Å². The maximum Gasteiger partial charge on any atom is 0.288 e. The fourth-order valence-electron chi connectivity index (χ4n) is 3.26. The largest absolute Gasteiger partial charge is 0.431 e. The van der Waals surface area contributed by atoms with Crippen molar-refractivity contribution >= 4 is 17.5 Å². The van der Waals surface area contributed by atoms with Crippen LogP contribution in [0.15, 0.2) is 47.3 Å². The zero-order valence-corrected chi connectivity index (χ0v) is 15.9. The van der Waals surface area contributed by atoms with Crippen LogP contribution in [0.25, 0.3) is 4.85 Å². The summed E-state index contributed by atoms with van der Waals surface area (Å²) in [5, 5.41) is 0. The monoisotopic (exact) mass is 396 g/mol. The number of hydrogen-bond acceptors (Lipinski definition) is 5. The summed E-state index contributed by atoms with van der Waals surface area (Å²) in [5.41, 5.74) is 5.54. The summed E-state index contributed by atoms with van der Waals surface area (Å²) in [7, 11) is 0. The smallest absolute Gasteiger partial charge is 0.288 e. The number of alkyl halides is 1. The molecule has 0 bridgehead atoms. The van der Waals surface area contributed by atoms with Crippen molar-refractivity contribution in [1.82, 2.24) is 4.98 Å². The Hall–Kier alpha value is -3.60. The standard InChI is InChI=1S/C21H18F2N4O2/c1-12-6-15(25-3)10-26-19(12)18(28)8-14-4-5-17(23)16(7-14)21(11-22)9-13(2)29-20(24)27-21/h4-7,9-10H,8,11H2,1-2H3,(H2,24,27).